The summed E-state index contributed by atoms with van der Waals surface area (Å²) in [7, 11) is 0. The van der Waals surface area contributed by atoms with E-state index in [9.17, 15) is 49.8 Å². The van der Waals surface area contributed by atoms with Crippen LogP contribution in [0.3, 0.4) is 0 Å². The van der Waals surface area contributed by atoms with Crippen molar-refractivity contribution in [3.05, 3.63) is 258 Å². The topological polar surface area (TPSA) is 258 Å². The molecule has 3 aliphatic carbocycles. The molecule has 9 N–H and O–H groups in total. The van der Waals surface area contributed by atoms with Crippen LogP contribution in [0.5, 0.6) is 28.7 Å². The zero-order valence-corrected chi connectivity index (χ0v) is 61.5. The number of benzene rings is 8. The predicted molar refractivity (Wildman–Crippen MR) is 410 cm³/mol. The number of likely N-dealkylation sites (tertiary alicyclic amines) is 2. The number of nitrogens with zero attached hydrogens (tertiary/aromatic N) is 2. The van der Waals surface area contributed by atoms with E-state index in [0.717, 1.165) is 113 Å². The van der Waals surface area contributed by atoms with E-state index in [1.165, 1.54) is 12.1 Å². The quantitative estimate of drug-likeness (QED) is 0.0120. The van der Waals surface area contributed by atoms with Crippen molar-refractivity contribution in [3.63, 3.8) is 0 Å². The molecule has 10 atom stereocenters. The third-order valence-corrected chi connectivity index (χ3v) is 20.7. The number of phenolic OH excluding ortho intramolecular Hbond substituents is 4. The molecular weight excluding hydrogens is 1400 g/mol. The minimum atomic E-state index is -0.690. The summed E-state index contributed by atoms with van der Waals surface area (Å²) in [6.45, 7) is 7.71. The predicted octanol–water partition coefficient (Wildman–Crippen LogP) is 14.9. The second-order valence-corrected chi connectivity index (χ2v) is 29.1. The number of Topliss-reactive ketones (excluding diaryl/α,β-unsaturated/α-hetero) is 2. The Morgan fingerprint density at radius 3 is 1.09 bits per heavy atom. The van der Waals surface area contributed by atoms with Gasteiger partial charge in [0.1, 0.15) is 28.7 Å². The fraction of sp³-hybridized carbons (Fsp3) is 0.381. The number of rotatable bonds is 19. The number of carbonyl (C=O) groups is 4. The highest BCUT2D eigenvalue weighted by Crippen LogP contribution is 2.51. The smallest absolute Gasteiger partial charge is 0.312 e. The van der Waals surface area contributed by atoms with Crippen LogP contribution in [-0.4, -0.2) is 143 Å². The summed E-state index contributed by atoms with van der Waals surface area (Å²) >= 11 is 20.7. The molecule has 6 fully saturated rings. The number of aliphatic hydroxyl groups is 4. The highest BCUT2D eigenvalue weighted by atomic mass is 35.5. The molecule has 8 aromatic rings. The molecule has 8 aromatic carbocycles. The highest BCUT2D eigenvalue weighted by molar-refractivity contribution is 6.63. The maximum absolute atomic E-state index is 12.3. The van der Waals surface area contributed by atoms with E-state index >= 15 is 0 Å². The second kappa shape index (κ2) is 41.3. The van der Waals surface area contributed by atoms with Crippen LogP contribution in [0.15, 0.2) is 224 Å². The van der Waals surface area contributed by atoms with Crippen molar-refractivity contribution in [2.24, 2.45) is 35.5 Å². The number of hydrogen-bond donors (Lipinski definition) is 9. The van der Waals surface area contributed by atoms with Crippen LogP contribution < -0.4 is 10.1 Å². The number of ether oxygens (including phenoxy) is 1. The van der Waals surface area contributed by atoms with Crippen LogP contribution in [0.2, 0.25) is 0 Å². The summed E-state index contributed by atoms with van der Waals surface area (Å²) in [6, 6.07) is 67.2. The molecule has 6 aliphatic rings. The summed E-state index contributed by atoms with van der Waals surface area (Å²) < 4.78 is 4.93. The Hall–Kier alpha value is -7.68. The Kier molecular flexibility index (Phi) is 32.5. The van der Waals surface area contributed by atoms with E-state index < -0.39 is 22.9 Å². The minimum absolute atomic E-state index is 0.00463. The van der Waals surface area contributed by atoms with Gasteiger partial charge < -0.3 is 60.7 Å². The van der Waals surface area contributed by atoms with Crippen LogP contribution in [0.25, 0.3) is 0 Å². The number of carbonyl (C=O) groups excluding carboxylic acids is 4. The standard InChI is InChI=1S/C22H27NO3.C22H25NO3.C13H17NO.2C9H9ClO2.C6H6O.C3H4Cl2O/c2*24-20-8-6-16(7-9-20)21(25)10-11-23-14-17-12-22(26,13-18(17)15-23)19-4-2-1-3-5-19;15-13(12-4-2-1-3-5-12)6-10-8-14-9-11(10)7-13;10-6-5-9(12)7-1-3-8(11)4-2-7;10-7-6-9(11)12-8-4-2-1-3-5-8;7-6-4-2-1-3-5-6;4-2-1-3(5)6/h1-9,17-18,21,24-26H,10-15H2;1-9,17-18,24,26H,10-15H2;1-5,10-11,14-15H,6-9H2;1-4,11H,5-6H2;1-5H,6-7H2;1-5,7H;1-2H2/t17-,18+,21?,22?;17-,18+,22?;10-,11+,13?;;;;. The fourth-order valence-electron chi connectivity index (χ4n) is 14.8. The molecule has 0 spiro atoms. The number of hydrogen-bond acceptors (Lipinski definition) is 16. The van der Waals surface area contributed by atoms with Gasteiger partial charge in [-0.1, -0.05) is 140 Å². The van der Waals surface area contributed by atoms with Gasteiger partial charge >= 0.3 is 5.97 Å². The van der Waals surface area contributed by atoms with Crippen LogP contribution >= 0.6 is 46.4 Å². The third kappa shape index (κ3) is 25.5. The van der Waals surface area contributed by atoms with Gasteiger partial charge in [0.25, 0.3) is 0 Å². The van der Waals surface area contributed by atoms with Crippen molar-refractivity contribution in [1.29, 1.82) is 0 Å². The lowest BCUT2D eigenvalue weighted by molar-refractivity contribution is -0.133. The number of para-hydroxylation sites is 2. The Balaban J connectivity index is 0.000000163. The molecule has 4 unspecified atom stereocenters. The van der Waals surface area contributed by atoms with Crippen molar-refractivity contribution in [2.45, 2.75) is 93.5 Å². The molecule has 3 saturated heterocycles. The summed E-state index contributed by atoms with van der Waals surface area (Å²) in [5, 5.41) is 82.4. The molecule has 16 nitrogen and oxygen atoms in total. The Morgan fingerprint density at radius 2 is 0.740 bits per heavy atom. The maximum atomic E-state index is 12.3. The van der Waals surface area contributed by atoms with E-state index in [1.54, 1.807) is 97.1 Å². The first kappa shape index (κ1) is 82.0. The highest BCUT2D eigenvalue weighted by Gasteiger charge is 2.51. The van der Waals surface area contributed by atoms with Crippen LogP contribution in [-0.2, 0) is 26.4 Å². The summed E-state index contributed by atoms with van der Waals surface area (Å²) in [6.07, 6.45) is 6.67. The van der Waals surface area contributed by atoms with E-state index in [4.69, 9.17) is 61.4 Å². The van der Waals surface area contributed by atoms with Gasteiger partial charge in [-0.2, -0.15) is 0 Å². The lowest BCUT2D eigenvalue weighted by Gasteiger charge is -2.26. The van der Waals surface area contributed by atoms with Gasteiger partial charge in [0.2, 0.25) is 5.24 Å². The molecule has 0 aromatic heterocycles. The Morgan fingerprint density at radius 1 is 0.413 bits per heavy atom. The van der Waals surface area contributed by atoms with Crippen molar-refractivity contribution < 1.29 is 64.8 Å². The number of fused-ring (bicyclic) bond motifs is 3. The zero-order chi connectivity index (χ0) is 74.5. The molecule has 554 valence electrons. The number of ketones is 2. The normalized spacial score (nSPS) is 23.4. The molecule has 104 heavy (non-hydrogen) atoms. The van der Waals surface area contributed by atoms with Gasteiger partial charge in [0.05, 0.1) is 29.3 Å². The van der Waals surface area contributed by atoms with Gasteiger partial charge in [0.15, 0.2) is 11.6 Å². The first-order valence-electron chi connectivity index (χ1n) is 35.5. The van der Waals surface area contributed by atoms with Gasteiger partial charge in [-0.3, -0.25) is 19.2 Å². The summed E-state index contributed by atoms with van der Waals surface area (Å²) in [4.78, 5) is 48.9. The summed E-state index contributed by atoms with van der Waals surface area (Å²) in [5.41, 5.74) is 3.35. The lowest BCUT2D eigenvalue weighted by Crippen LogP contribution is -2.29. The molecule has 14 rings (SSSR count). The third-order valence-electron chi connectivity index (χ3n) is 20.0. The van der Waals surface area contributed by atoms with Crippen molar-refractivity contribution in [1.82, 2.24) is 15.1 Å². The van der Waals surface area contributed by atoms with E-state index in [0.29, 0.717) is 95.0 Å². The number of esters is 1. The minimum Gasteiger partial charge on any atom is -0.508 e. The van der Waals surface area contributed by atoms with Crippen molar-refractivity contribution in [2.75, 3.05) is 70.0 Å². The SMILES string of the molecule is O=C(CCCl)Oc1ccccc1.O=C(CCCl)c1ccc(O)cc1.O=C(CCN1C[C@@H]2CC(O)(c3ccccc3)C[C@@H]2C1)c1ccc(O)cc1.O=C(Cl)CCCl.OC1(c2ccccc2)C[C@H]2CNC[C@H]2C1.Oc1ccc(C(O)CCN2C[C@@H]3CC(O)(c4ccccc4)C[C@@H]3C2)cc1.Oc1ccccc1. The number of alkyl halides is 3. The fourth-order valence-corrected chi connectivity index (χ4v) is 15.5. The number of phenols is 4. The molecule has 3 aliphatic heterocycles. The molecule has 0 bridgehead atoms. The van der Waals surface area contributed by atoms with Gasteiger partial charge in [0, 0.05) is 87.3 Å². The lowest BCUT2D eigenvalue weighted by atomic mass is 9.90. The number of nitrogens with one attached hydrogen (secondary N) is 1. The maximum Gasteiger partial charge on any atom is 0.312 e. The average molecular weight is 1500 g/mol. The van der Waals surface area contributed by atoms with Gasteiger partial charge in [-0.15, -0.1) is 34.8 Å². The van der Waals surface area contributed by atoms with Gasteiger partial charge in [-0.25, -0.2) is 0 Å². The first-order valence-corrected chi connectivity index (χ1v) is 37.5. The van der Waals surface area contributed by atoms with Crippen LogP contribution in [0, 0.1) is 35.5 Å². The molecule has 0 amide bonds. The summed E-state index contributed by atoms with van der Waals surface area (Å²) in [5.74, 6) is 5.65. The van der Waals surface area contributed by atoms with E-state index in [2.05, 4.69) is 27.2 Å². The molecule has 3 heterocycles. The Bertz CT molecular complexity index is 3810. The number of halogens is 4. The largest absolute Gasteiger partial charge is 0.508 e. The number of aliphatic hydroxyl groups excluding tert-OH is 1. The van der Waals surface area contributed by atoms with Crippen molar-refractivity contribution >= 4 is 69.2 Å². The first-order chi connectivity index (χ1) is 50.1. The molecule has 3 saturated carbocycles. The molecule has 0 radical (unpaired) electrons. The number of aromatic hydroxyl groups is 4. The van der Waals surface area contributed by atoms with Crippen LogP contribution in [0.1, 0.15) is 120 Å². The van der Waals surface area contributed by atoms with E-state index in [-0.39, 0.29) is 52.9 Å². The molecule has 20 heteroatoms. The average Bonchev–Trinajstić information content (AvgIpc) is 1.63. The van der Waals surface area contributed by atoms with Crippen molar-refractivity contribution in [3.8, 4) is 28.7 Å². The van der Waals surface area contributed by atoms with Crippen LogP contribution in [0.4, 0.5) is 0 Å². The van der Waals surface area contributed by atoms with E-state index in [1.807, 2.05) is 103 Å². The monoisotopic (exact) mass is 1500 g/mol. The zero-order valence-electron chi connectivity index (χ0n) is 58.5. The van der Waals surface area contributed by atoms with Gasteiger partial charge in [-0.05, 0) is 212 Å². The second-order valence-electron chi connectivity index (χ2n) is 27.5. The molecular formula is C84H97Cl4N3O13. The Labute approximate surface area is 630 Å².